The van der Waals surface area contributed by atoms with Crippen molar-refractivity contribution in [3.63, 3.8) is 0 Å². The van der Waals surface area contributed by atoms with Crippen LogP contribution in [0.25, 0.3) is 60.2 Å². The standard InChI is InChI=1S/C44H30N2/c1-3-11-31(12-4-1)32-19-23-36(24-20-32)45(35-15-5-2-6-16-35)37-25-27-38(28-26-37)46-41-29-21-33-13-7-9-17-39(33)43(41)44-40-18-10-8-14-34(40)22-30-42(44)46/h1-30H. The molecule has 0 aliphatic rings. The molecule has 0 aliphatic carbocycles. The summed E-state index contributed by atoms with van der Waals surface area (Å²) in [6.45, 7) is 0. The highest BCUT2D eigenvalue weighted by Crippen LogP contribution is 2.41. The van der Waals surface area contributed by atoms with Gasteiger partial charge in [-0.2, -0.15) is 0 Å². The topological polar surface area (TPSA) is 8.17 Å². The van der Waals surface area contributed by atoms with Crippen LogP contribution in [0.2, 0.25) is 0 Å². The molecule has 0 unspecified atom stereocenters. The van der Waals surface area contributed by atoms with Gasteiger partial charge in [-0.05, 0) is 93.3 Å². The summed E-state index contributed by atoms with van der Waals surface area (Å²) in [5.74, 6) is 0. The summed E-state index contributed by atoms with van der Waals surface area (Å²) in [6.07, 6.45) is 0. The van der Waals surface area contributed by atoms with Gasteiger partial charge in [-0.3, -0.25) is 0 Å². The second-order valence-electron chi connectivity index (χ2n) is 11.8. The number of fused-ring (bicyclic) bond motifs is 7. The van der Waals surface area contributed by atoms with Gasteiger partial charge in [-0.1, -0.05) is 121 Å². The van der Waals surface area contributed by atoms with E-state index in [1.54, 1.807) is 0 Å². The van der Waals surface area contributed by atoms with E-state index in [9.17, 15) is 0 Å². The molecule has 0 spiro atoms. The SMILES string of the molecule is c1ccc(-c2ccc(N(c3ccccc3)c3ccc(-n4c5ccc6ccccc6c5c5c6ccccc6ccc54)cc3)cc2)cc1. The maximum Gasteiger partial charge on any atom is 0.0547 e. The molecule has 0 radical (unpaired) electrons. The lowest BCUT2D eigenvalue weighted by Gasteiger charge is -2.26. The molecule has 9 rings (SSSR count). The highest BCUT2D eigenvalue weighted by Gasteiger charge is 2.18. The number of rotatable bonds is 5. The number of benzene rings is 8. The normalized spacial score (nSPS) is 11.5. The van der Waals surface area contributed by atoms with Crippen LogP contribution in [0.5, 0.6) is 0 Å². The maximum absolute atomic E-state index is 2.43. The average molecular weight is 587 g/mol. The van der Waals surface area contributed by atoms with Crippen LogP contribution in [0.3, 0.4) is 0 Å². The van der Waals surface area contributed by atoms with E-state index in [1.807, 2.05) is 0 Å². The number of hydrogen-bond donors (Lipinski definition) is 0. The second-order valence-corrected chi connectivity index (χ2v) is 11.8. The van der Waals surface area contributed by atoms with Crippen molar-refractivity contribution in [3.8, 4) is 16.8 Å². The van der Waals surface area contributed by atoms with Gasteiger partial charge in [-0.25, -0.2) is 0 Å². The zero-order chi connectivity index (χ0) is 30.5. The van der Waals surface area contributed by atoms with E-state index in [0.29, 0.717) is 0 Å². The molecule has 0 N–H and O–H groups in total. The zero-order valence-electron chi connectivity index (χ0n) is 25.2. The molecular formula is C44H30N2. The van der Waals surface area contributed by atoms with Crippen LogP contribution >= 0.6 is 0 Å². The van der Waals surface area contributed by atoms with E-state index >= 15 is 0 Å². The van der Waals surface area contributed by atoms with Crippen molar-refractivity contribution in [1.82, 2.24) is 4.57 Å². The Bertz CT molecular complexity index is 2400. The molecule has 0 bridgehead atoms. The second kappa shape index (κ2) is 10.8. The van der Waals surface area contributed by atoms with Crippen molar-refractivity contribution >= 4 is 60.4 Å². The van der Waals surface area contributed by atoms with Gasteiger partial charge < -0.3 is 9.47 Å². The van der Waals surface area contributed by atoms with Crippen LogP contribution in [-0.4, -0.2) is 4.57 Å². The lowest BCUT2D eigenvalue weighted by Crippen LogP contribution is -2.10. The van der Waals surface area contributed by atoms with Gasteiger partial charge in [0.1, 0.15) is 0 Å². The van der Waals surface area contributed by atoms with Crippen molar-refractivity contribution in [3.05, 3.63) is 182 Å². The number of nitrogens with zero attached hydrogens (tertiary/aromatic N) is 2. The quantitative estimate of drug-likeness (QED) is 0.195. The van der Waals surface area contributed by atoms with Crippen molar-refractivity contribution in [2.45, 2.75) is 0 Å². The fourth-order valence-corrected chi connectivity index (χ4v) is 7.03. The summed E-state index contributed by atoms with van der Waals surface area (Å²) < 4.78 is 2.43. The predicted molar refractivity (Wildman–Crippen MR) is 196 cm³/mol. The zero-order valence-corrected chi connectivity index (χ0v) is 25.2. The Morgan fingerprint density at radius 1 is 0.326 bits per heavy atom. The third kappa shape index (κ3) is 4.27. The highest BCUT2D eigenvalue weighted by atomic mass is 15.1. The minimum Gasteiger partial charge on any atom is -0.311 e. The van der Waals surface area contributed by atoms with Gasteiger partial charge in [0.05, 0.1) is 11.0 Å². The Morgan fingerprint density at radius 3 is 1.33 bits per heavy atom. The number of para-hydroxylation sites is 1. The third-order valence-electron chi connectivity index (χ3n) is 9.16. The summed E-state index contributed by atoms with van der Waals surface area (Å²) in [6, 6.07) is 65.5. The molecule has 0 fully saturated rings. The molecule has 9 aromatic rings. The average Bonchev–Trinajstić information content (AvgIpc) is 3.49. The first-order valence-electron chi connectivity index (χ1n) is 15.8. The van der Waals surface area contributed by atoms with E-state index in [-0.39, 0.29) is 0 Å². The van der Waals surface area contributed by atoms with Crippen LogP contribution in [-0.2, 0) is 0 Å². The summed E-state index contributed by atoms with van der Waals surface area (Å²) in [5.41, 5.74) is 9.35. The monoisotopic (exact) mass is 586 g/mol. The number of hydrogen-bond acceptors (Lipinski definition) is 1. The molecule has 8 aromatic carbocycles. The van der Waals surface area contributed by atoms with Crippen molar-refractivity contribution in [1.29, 1.82) is 0 Å². The molecular weight excluding hydrogens is 556 g/mol. The van der Waals surface area contributed by atoms with Gasteiger partial charge in [0.15, 0.2) is 0 Å². The van der Waals surface area contributed by atoms with E-state index in [0.717, 1.165) is 22.7 Å². The van der Waals surface area contributed by atoms with Crippen LogP contribution in [0, 0.1) is 0 Å². The molecule has 1 heterocycles. The largest absolute Gasteiger partial charge is 0.311 e. The lowest BCUT2D eigenvalue weighted by molar-refractivity contribution is 1.17. The molecule has 0 saturated heterocycles. The van der Waals surface area contributed by atoms with Crippen LogP contribution in [0.15, 0.2) is 182 Å². The van der Waals surface area contributed by atoms with Crippen LogP contribution in [0.1, 0.15) is 0 Å². The number of anilines is 3. The molecule has 216 valence electrons. The third-order valence-corrected chi connectivity index (χ3v) is 9.16. The Morgan fingerprint density at radius 2 is 0.761 bits per heavy atom. The van der Waals surface area contributed by atoms with E-state index < -0.39 is 0 Å². The first-order valence-corrected chi connectivity index (χ1v) is 15.8. The number of aromatic nitrogens is 1. The van der Waals surface area contributed by atoms with E-state index in [1.165, 1.54) is 54.5 Å². The minimum absolute atomic E-state index is 1.11. The Kier molecular flexibility index (Phi) is 6.17. The van der Waals surface area contributed by atoms with Crippen molar-refractivity contribution in [2.75, 3.05) is 4.90 Å². The summed E-state index contributed by atoms with van der Waals surface area (Å²) >= 11 is 0. The van der Waals surface area contributed by atoms with Crippen LogP contribution in [0.4, 0.5) is 17.1 Å². The summed E-state index contributed by atoms with van der Waals surface area (Å²) in [4.78, 5) is 2.32. The molecule has 2 heteroatoms. The lowest BCUT2D eigenvalue weighted by atomic mass is 10.00. The van der Waals surface area contributed by atoms with Gasteiger partial charge in [-0.15, -0.1) is 0 Å². The van der Waals surface area contributed by atoms with Gasteiger partial charge >= 0.3 is 0 Å². The summed E-state index contributed by atoms with van der Waals surface area (Å²) in [7, 11) is 0. The molecule has 0 saturated carbocycles. The molecule has 0 atom stereocenters. The van der Waals surface area contributed by atoms with Crippen molar-refractivity contribution < 1.29 is 0 Å². The Labute approximate surface area is 268 Å². The molecule has 0 amide bonds. The molecule has 0 aliphatic heterocycles. The van der Waals surface area contributed by atoms with Crippen LogP contribution < -0.4 is 4.90 Å². The fourth-order valence-electron chi connectivity index (χ4n) is 7.03. The van der Waals surface area contributed by atoms with Crippen molar-refractivity contribution in [2.24, 2.45) is 0 Å². The van der Waals surface area contributed by atoms with Gasteiger partial charge in [0.25, 0.3) is 0 Å². The molecule has 2 nitrogen and oxygen atoms in total. The Balaban J connectivity index is 1.21. The highest BCUT2D eigenvalue weighted by molar-refractivity contribution is 6.28. The molecule has 1 aromatic heterocycles. The van der Waals surface area contributed by atoms with Gasteiger partial charge in [0, 0.05) is 33.5 Å². The van der Waals surface area contributed by atoms with E-state index in [2.05, 4.69) is 191 Å². The first-order chi connectivity index (χ1) is 22.8. The minimum atomic E-state index is 1.11. The smallest absolute Gasteiger partial charge is 0.0547 e. The summed E-state index contributed by atoms with van der Waals surface area (Å²) in [5, 5.41) is 7.69. The van der Waals surface area contributed by atoms with Gasteiger partial charge in [0.2, 0.25) is 0 Å². The fraction of sp³-hybridized carbons (Fsp3) is 0. The van der Waals surface area contributed by atoms with E-state index in [4.69, 9.17) is 0 Å². The molecule has 46 heavy (non-hydrogen) atoms. The maximum atomic E-state index is 2.43. The Hall–Kier alpha value is -6.12. The first kappa shape index (κ1) is 26.3. The predicted octanol–water partition coefficient (Wildman–Crippen LogP) is 12.2.